The molecule has 4 aliphatic carbocycles. The fraction of sp³-hybridized carbons (Fsp3) is 0.839. The van der Waals surface area contributed by atoms with Gasteiger partial charge in [-0.3, -0.25) is 4.79 Å². The van der Waals surface area contributed by atoms with E-state index < -0.39 is 0 Å². The molecular formula is C31H50O. The summed E-state index contributed by atoms with van der Waals surface area (Å²) in [7, 11) is 0. The first kappa shape index (κ1) is 24.3. The monoisotopic (exact) mass is 438 g/mol. The van der Waals surface area contributed by atoms with E-state index >= 15 is 0 Å². The number of fused-ring (bicyclic) bond motifs is 5. The van der Waals surface area contributed by atoms with Crippen LogP contribution in [0.2, 0.25) is 0 Å². The van der Waals surface area contributed by atoms with E-state index in [1.807, 2.05) is 5.57 Å². The van der Waals surface area contributed by atoms with Gasteiger partial charge in [-0.05, 0) is 111 Å². The molecule has 0 N–H and O–H groups in total. The Balaban J connectivity index is 1.53. The third kappa shape index (κ3) is 3.78. The summed E-state index contributed by atoms with van der Waals surface area (Å²) in [5.41, 5.74) is 4.34. The van der Waals surface area contributed by atoms with Gasteiger partial charge in [-0.15, -0.1) is 0 Å². The van der Waals surface area contributed by atoms with Crippen LogP contribution in [0.1, 0.15) is 113 Å². The van der Waals surface area contributed by atoms with Crippen molar-refractivity contribution in [1.29, 1.82) is 0 Å². The molecule has 0 aliphatic heterocycles. The van der Waals surface area contributed by atoms with Gasteiger partial charge < -0.3 is 0 Å². The summed E-state index contributed by atoms with van der Waals surface area (Å²) >= 11 is 0. The molecule has 3 saturated carbocycles. The molecular weight excluding hydrogens is 388 g/mol. The molecule has 1 unspecified atom stereocenters. The first-order valence-corrected chi connectivity index (χ1v) is 14.0. The second kappa shape index (κ2) is 9.07. The van der Waals surface area contributed by atoms with E-state index in [9.17, 15) is 4.79 Å². The number of carbonyl (C=O) groups is 1. The maximum atomic E-state index is 12.7. The molecule has 180 valence electrons. The van der Waals surface area contributed by atoms with Gasteiger partial charge in [0.15, 0.2) is 0 Å². The molecule has 0 radical (unpaired) electrons. The summed E-state index contributed by atoms with van der Waals surface area (Å²) in [6, 6.07) is 0. The summed E-state index contributed by atoms with van der Waals surface area (Å²) in [4.78, 5) is 12.7. The van der Waals surface area contributed by atoms with Crippen LogP contribution in [0.4, 0.5) is 0 Å². The summed E-state index contributed by atoms with van der Waals surface area (Å²) < 4.78 is 0. The minimum absolute atomic E-state index is 0.318. The molecule has 0 heterocycles. The average molecular weight is 439 g/mol. The van der Waals surface area contributed by atoms with E-state index in [2.05, 4.69) is 60.6 Å². The molecule has 4 rings (SSSR count). The van der Waals surface area contributed by atoms with E-state index in [0.29, 0.717) is 34.4 Å². The number of carbonyl (C=O) groups excluding carboxylic acids is 1. The van der Waals surface area contributed by atoms with E-state index in [1.165, 1.54) is 44.9 Å². The number of allylic oxidation sites excluding steroid dienone is 4. The van der Waals surface area contributed by atoms with Crippen molar-refractivity contribution in [2.45, 2.75) is 113 Å². The van der Waals surface area contributed by atoms with Gasteiger partial charge in [-0.25, -0.2) is 0 Å². The van der Waals surface area contributed by atoms with Crippen LogP contribution in [0.25, 0.3) is 0 Å². The predicted molar refractivity (Wildman–Crippen MR) is 136 cm³/mol. The maximum Gasteiger partial charge on any atom is 0.136 e. The van der Waals surface area contributed by atoms with Crippen molar-refractivity contribution in [3.8, 4) is 0 Å². The lowest BCUT2D eigenvalue weighted by Gasteiger charge is -2.58. The summed E-state index contributed by atoms with van der Waals surface area (Å²) in [6.45, 7) is 17.0. The molecule has 0 bridgehead atoms. The van der Waals surface area contributed by atoms with Gasteiger partial charge in [0.1, 0.15) is 5.78 Å². The molecule has 8 atom stereocenters. The average Bonchev–Trinajstić information content (AvgIpc) is 3.11. The molecule has 0 saturated heterocycles. The molecule has 0 aromatic rings. The fourth-order valence-corrected chi connectivity index (χ4v) is 9.42. The molecule has 1 nitrogen and oxygen atoms in total. The van der Waals surface area contributed by atoms with E-state index in [0.717, 1.165) is 42.9 Å². The van der Waals surface area contributed by atoms with Crippen LogP contribution in [-0.4, -0.2) is 5.78 Å². The van der Waals surface area contributed by atoms with Crippen molar-refractivity contribution in [1.82, 2.24) is 0 Å². The number of hydrogen-bond donors (Lipinski definition) is 0. The zero-order valence-corrected chi connectivity index (χ0v) is 22.2. The highest BCUT2D eigenvalue weighted by Crippen LogP contribution is 2.67. The quantitative estimate of drug-likeness (QED) is 0.379. The molecule has 32 heavy (non-hydrogen) atoms. The lowest BCUT2D eigenvalue weighted by molar-refractivity contribution is -0.135. The van der Waals surface area contributed by atoms with Gasteiger partial charge >= 0.3 is 0 Å². The molecule has 0 amide bonds. The standard InChI is InChI=1S/C31H50O/c1-8-22(20(3)4)11-10-21(5)25-14-15-27-24-12-13-26-23(9-2)29(32)17-19-31(26,7)28(24)16-18-30(25,27)6/h8,12,20-21,23,25-28H,9-11,13-19H2,1-7H3/b22-8-/t21-,23-,25-,26?,27+,28+,30-,31+/m1/s1. The molecule has 0 aromatic heterocycles. The van der Waals surface area contributed by atoms with Crippen molar-refractivity contribution in [3.05, 3.63) is 23.3 Å². The Hall–Kier alpha value is -0.850. The highest BCUT2D eigenvalue weighted by Gasteiger charge is 2.59. The normalized spacial score (nSPS) is 42.9. The van der Waals surface area contributed by atoms with Gasteiger partial charge in [0.05, 0.1) is 0 Å². The van der Waals surface area contributed by atoms with Crippen molar-refractivity contribution in [2.75, 3.05) is 0 Å². The minimum atomic E-state index is 0.318. The van der Waals surface area contributed by atoms with Gasteiger partial charge in [0.2, 0.25) is 0 Å². The second-order valence-corrected chi connectivity index (χ2v) is 12.9. The van der Waals surface area contributed by atoms with Gasteiger partial charge in [0, 0.05) is 12.3 Å². The fourth-order valence-electron chi connectivity index (χ4n) is 9.42. The first-order chi connectivity index (χ1) is 15.2. The zero-order chi connectivity index (χ0) is 23.3. The topological polar surface area (TPSA) is 17.1 Å². The first-order valence-electron chi connectivity index (χ1n) is 14.0. The van der Waals surface area contributed by atoms with Gasteiger partial charge in [-0.1, -0.05) is 64.8 Å². The second-order valence-electron chi connectivity index (χ2n) is 12.9. The Morgan fingerprint density at radius 2 is 1.81 bits per heavy atom. The summed E-state index contributed by atoms with van der Waals surface area (Å²) in [6.07, 6.45) is 17.5. The highest BCUT2D eigenvalue weighted by atomic mass is 16.1. The van der Waals surface area contributed by atoms with Crippen LogP contribution in [0.15, 0.2) is 23.3 Å². The summed E-state index contributed by atoms with van der Waals surface area (Å²) in [5, 5.41) is 0. The molecule has 0 aromatic carbocycles. The number of ketones is 1. The number of rotatable bonds is 6. The smallest absolute Gasteiger partial charge is 0.136 e. The highest BCUT2D eigenvalue weighted by molar-refractivity contribution is 5.82. The Morgan fingerprint density at radius 3 is 2.47 bits per heavy atom. The number of Topliss-reactive ketones (excluding diaryl/α,β-unsaturated/α-hetero) is 1. The third-order valence-electron chi connectivity index (χ3n) is 11.4. The van der Waals surface area contributed by atoms with Crippen LogP contribution in [0.5, 0.6) is 0 Å². The Morgan fingerprint density at radius 1 is 1.09 bits per heavy atom. The van der Waals surface area contributed by atoms with Crippen molar-refractivity contribution in [3.63, 3.8) is 0 Å². The molecule has 4 aliphatic rings. The zero-order valence-electron chi connectivity index (χ0n) is 22.2. The maximum absolute atomic E-state index is 12.7. The van der Waals surface area contributed by atoms with Gasteiger partial charge in [0.25, 0.3) is 0 Å². The van der Waals surface area contributed by atoms with Crippen molar-refractivity contribution >= 4 is 5.78 Å². The van der Waals surface area contributed by atoms with Crippen LogP contribution in [-0.2, 0) is 4.79 Å². The van der Waals surface area contributed by atoms with Crippen LogP contribution in [0.3, 0.4) is 0 Å². The van der Waals surface area contributed by atoms with Crippen LogP contribution < -0.4 is 0 Å². The van der Waals surface area contributed by atoms with Gasteiger partial charge in [-0.2, -0.15) is 0 Å². The predicted octanol–water partition coefficient (Wildman–Crippen LogP) is 8.79. The minimum Gasteiger partial charge on any atom is -0.299 e. The molecule has 0 spiro atoms. The lowest BCUT2D eigenvalue weighted by Crippen LogP contribution is -2.52. The van der Waals surface area contributed by atoms with E-state index in [4.69, 9.17) is 0 Å². The van der Waals surface area contributed by atoms with Crippen molar-refractivity contribution in [2.24, 2.45) is 52.3 Å². The Kier molecular flexibility index (Phi) is 6.88. The van der Waals surface area contributed by atoms with E-state index in [-0.39, 0.29) is 0 Å². The van der Waals surface area contributed by atoms with E-state index in [1.54, 1.807) is 5.57 Å². The SMILES string of the molecule is C/C=C(/CC[C@@H](C)[C@H]1CC[C@H]2C3=CCC4[C@@H](CC)C(=O)CC[C@]4(C)[C@H]3CC[C@]12C)C(C)C. The lowest BCUT2D eigenvalue weighted by atomic mass is 9.46. The third-order valence-corrected chi connectivity index (χ3v) is 11.4. The molecule has 3 fully saturated rings. The summed E-state index contributed by atoms with van der Waals surface area (Å²) in [5.74, 6) is 5.40. The number of hydrogen-bond acceptors (Lipinski definition) is 1. The largest absolute Gasteiger partial charge is 0.299 e. The Labute approximate surface area is 198 Å². The molecule has 1 heteroatoms. The Bertz CT molecular complexity index is 771. The van der Waals surface area contributed by atoms with Crippen LogP contribution in [0, 0.1) is 52.3 Å². The van der Waals surface area contributed by atoms with Crippen molar-refractivity contribution < 1.29 is 4.79 Å². The van der Waals surface area contributed by atoms with Crippen LogP contribution >= 0.6 is 0 Å².